The standard InChI is InChI=1S/C27H32N4O4S2/c1-20-4-6-24(7-5-20)37(34,35)16-14-29-13-10-28-26(29)21-8-11-30(12-9-21)27(33)22-17-25(32)31(18-22)19-23-3-2-15-36-23/h2-7,10,13,15,21-22H,8-9,11-12,14,16-19H2,1H3. The Morgan fingerprint density at radius 3 is 2.59 bits per heavy atom. The topological polar surface area (TPSA) is 92.6 Å². The molecule has 0 aliphatic carbocycles. The third kappa shape index (κ3) is 5.80. The summed E-state index contributed by atoms with van der Waals surface area (Å²) in [5.74, 6) is 0.885. The number of piperidine rings is 1. The number of hydrogen-bond donors (Lipinski definition) is 0. The van der Waals surface area contributed by atoms with Crippen molar-refractivity contribution in [2.45, 2.75) is 50.1 Å². The Balaban J connectivity index is 1.15. The first kappa shape index (κ1) is 25.7. The molecule has 37 heavy (non-hydrogen) atoms. The lowest BCUT2D eigenvalue weighted by molar-refractivity contribution is -0.136. The molecule has 0 bridgehead atoms. The van der Waals surface area contributed by atoms with Crippen LogP contribution in [0, 0.1) is 12.8 Å². The van der Waals surface area contributed by atoms with Crippen molar-refractivity contribution in [1.29, 1.82) is 0 Å². The van der Waals surface area contributed by atoms with Crippen LogP contribution in [0.5, 0.6) is 0 Å². The van der Waals surface area contributed by atoms with Gasteiger partial charge >= 0.3 is 0 Å². The Kier molecular flexibility index (Phi) is 7.48. The summed E-state index contributed by atoms with van der Waals surface area (Å²) in [5, 5.41) is 2.00. The van der Waals surface area contributed by atoms with Gasteiger partial charge in [0.25, 0.3) is 0 Å². The molecule has 0 radical (unpaired) electrons. The molecular weight excluding hydrogens is 508 g/mol. The van der Waals surface area contributed by atoms with E-state index in [1.165, 1.54) is 0 Å². The number of nitrogens with zero attached hydrogens (tertiary/aromatic N) is 4. The van der Waals surface area contributed by atoms with Gasteiger partial charge in [0, 0.05) is 55.8 Å². The summed E-state index contributed by atoms with van der Waals surface area (Å²) >= 11 is 1.62. The first-order valence-corrected chi connectivity index (χ1v) is 15.2. The minimum atomic E-state index is -3.39. The fourth-order valence-corrected chi connectivity index (χ4v) is 7.19. The summed E-state index contributed by atoms with van der Waals surface area (Å²) < 4.78 is 27.5. The Hall–Kier alpha value is -2.98. The van der Waals surface area contributed by atoms with Crippen LogP contribution in [0.1, 0.15) is 41.4 Å². The van der Waals surface area contributed by atoms with Gasteiger partial charge in [0.2, 0.25) is 11.8 Å². The summed E-state index contributed by atoms with van der Waals surface area (Å²) in [6.45, 7) is 4.57. The van der Waals surface area contributed by atoms with Crippen LogP contribution in [0.4, 0.5) is 0 Å². The van der Waals surface area contributed by atoms with Gasteiger partial charge in [-0.15, -0.1) is 11.3 Å². The van der Waals surface area contributed by atoms with Gasteiger partial charge in [0.15, 0.2) is 9.84 Å². The molecule has 1 unspecified atom stereocenters. The van der Waals surface area contributed by atoms with E-state index in [-0.39, 0.29) is 35.8 Å². The highest BCUT2D eigenvalue weighted by atomic mass is 32.2. The number of benzene rings is 1. The van der Waals surface area contributed by atoms with E-state index < -0.39 is 9.84 Å². The molecule has 1 atom stereocenters. The molecule has 2 saturated heterocycles. The van der Waals surface area contributed by atoms with Crippen LogP contribution < -0.4 is 0 Å². The van der Waals surface area contributed by atoms with Crippen LogP contribution in [0.25, 0.3) is 0 Å². The molecule has 2 fully saturated rings. The highest BCUT2D eigenvalue weighted by molar-refractivity contribution is 7.91. The average molecular weight is 541 g/mol. The molecule has 8 nitrogen and oxygen atoms in total. The number of carbonyl (C=O) groups excluding carboxylic acids is 2. The Morgan fingerprint density at radius 1 is 1.14 bits per heavy atom. The molecule has 2 aliphatic heterocycles. The SMILES string of the molecule is Cc1ccc(S(=O)(=O)CCn2ccnc2C2CCN(C(=O)C3CC(=O)N(Cc4cccs4)C3)CC2)cc1. The number of aryl methyl sites for hydroxylation is 2. The highest BCUT2D eigenvalue weighted by Crippen LogP contribution is 2.30. The zero-order valence-electron chi connectivity index (χ0n) is 21.0. The quantitative estimate of drug-likeness (QED) is 0.436. The number of imidazole rings is 1. The molecule has 2 aliphatic rings. The number of aromatic nitrogens is 2. The average Bonchev–Trinajstić information content (AvgIpc) is 3.65. The molecular formula is C27H32N4O4S2. The van der Waals surface area contributed by atoms with E-state index in [0.717, 1.165) is 29.1 Å². The zero-order chi connectivity index (χ0) is 26.0. The lowest BCUT2D eigenvalue weighted by Crippen LogP contribution is -2.42. The van der Waals surface area contributed by atoms with Crippen LogP contribution in [0.15, 0.2) is 59.1 Å². The summed E-state index contributed by atoms with van der Waals surface area (Å²) in [7, 11) is -3.39. The third-order valence-electron chi connectivity index (χ3n) is 7.39. The van der Waals surface area contributed by atoms with Crippen molar-refractivity contribution in [2.75, 3.05) is 25.4 Å². The van der Waals surface area contributed by atoms with Gasteiger partial charge in [-0.3, -0.25) is 9.59 Å². The number of sulfone groups is 1. The summed E-state index contributed by atoms with van der Waals surface area (Å²) in [4.78, 5) is 35.4. The first-order valence-electron chi connectivity index (χ1n) is 12.7. The molecule has 4 heterocycles. The van der Waals surface area contributed by atoms with Crippen LogP contribution in [0.2, 0.25) is 0 Å². The Labute approximate surface area is 221 Å². The second-order valence-corrected chi connectivity index (χ2v) is 13.1. The van der Waals surface area contributed by atoms with E-state index >= 15 is 0 Å². The molecule has 10 heteroatoms. The molecule has 2 amide bonds. The Bertz CT molecular complexity index is 1340. The van der Waals surface area contributed by atoms with E-state index in [0.29, 0.717) is 37.6 Å². The fraction of sp³-hybridized carbons (Fsp3) is 0.444. The maximum atomic E-state index is 13.2. The normalized spacial score (nSPS) is 19.1. The minimum Gasteiger partial charge on any atom is -0.342 e. The number of hydrogen-bond acceptors (Lipinski definition) is 6. The van der Waals surface area contributed by atoms with Crippen LogP contribution in [-0.2, 0) is 32.5 Å². The first-order chi connectivity index (χ1) is 17.8. The fourth-order valence-electron chi connectivity index (χ4n) is 5.25. The van der Waals surface area contributed by atoms with E-state index in [2.05, 4.69) is 4.98 Å². The van der Waals surface area contributed by atoms with Gasteiger partial charge in [0.05, 0.1) is 23.1 Å². The van der Waals surface area contributed by atoms with Gasteiger partial charge in [0.1, 0.15) is 5.82 Å². The van der Waals surface area contributed by atoms with Gasteiger partial charge in [-0.25, -0.2) is 13.4 Å². The molecule has 3 aromatic rings. The number of amides is 2. The highest BCUT2D eigenvalue weighted by Gasteiger charge is 2.38. The predicted octanol–water partition coefficient (Wildman–Crippen LogP) is 3.48. The summed E-state index contributed by atoms with van der Waals surface area (Å²) in [6.07, 6.45) is 5.38. The largest absolute Gasteiger partial charge is 0.342 e. The van der Waals surface area contributed by atoms with Crippen molar-refractivity contribution >= 4 is 33.0 Å². The summed E-state index contributed by atoms with van der Waals surface area (Å²) in [6, 6.07) is 10.9. The number of rotatable bonds is 8. The lowest BCUT2D eigenvalue weighted by Gasteiger charge is -2.33. The van der Waals surface area contributed by atoms with Crippen LogP contribution >= 0.6 is 11.3 Å². The van der Waals surface area contributed by atoms with Crippen molar-refractivity contribution in [3.05, 3.63) is 70.4 Å². The van der Waals surface area contributed by atoms with Gasteiger partial charge < -0.3 is 14.4 Å². The van der Waals surface area contributed by atoms with Crippen LogP contribution in [-0.4, -0.2) is 65.0 Å². The maximum absolute atomic E-state index is 13.2. The molecule has 0 N–H and O–H groups in total. The molecule has 0 saturated carbocycles. The molecule has 0 spiro atoms. The Morgan fingerprint density at radius 2 is 1.89 bits per heavy atom. The number of likely N-dealkylation sites (tertiary alicyclic amines) is 2. The lowest BCUT2D eigenvalue weighted by atomic mass is 9.94. The van der Waals surface area contributed by atoms with E-state index in [1.54, 1.807) is 34.6 Å². The van der Waals surface area contributed by atoms with E-state index in [1.807, 2.05) is 52.2 Å². The second-order valence-electron chi connectivity index (χ2n) is 9.96. The third-order valence-corrected chi connectivity index (χ3v) is 9.96. The second kappa shape index (κ2) is 10.8. The molecule has 2 aromatic heterocycles. The van der Waals surface area contributed by atoms with E-state index in [9.17, 15) is 18.0 Å². The number of carbonyl (C=O) groups is 2. The smallest absolute Gasteiger partial charge is 0.227 e. The van der Waals surface area contributed by atoms with Gasteiger partial charge in [-0.1, -0.05) is 23.8 Å². The molecule has 5 rings (SSSR count). The van der Waals surface area contributed by atoms with Crippen molar-refractivity contribution < 1.29 is 18.0 Å². The monoisotopic (exact) mass is 540 g/mol. The minimum absolute atomic E-state index is 0.00837. The van der Waals surface area contributed by atoms with E-state index in [4.69, 9.17) is 0 Å². The van der Waals surface area contributed by atoms with Crippen molar-refractivity contribution in [3.8, 4) is 0 Å². The number of thiophene rings is 1. The van der Waals surface area contributed by atoms with Crippen molar-refractivity contribution in [1.82, 2.24) is 19.4 Å². The van der Waals surface area contributed by atoms with Crippen LogP contribution in [0.3, 0.4) is 0 Å². The molecule has 1 aromatic carbocycles. The van der Waals surface area contributed by atoms with Crippen molar-refractivity contribution in [2.24, 2.45) is 5.92 Å². The van der Waals surface area contributed by atoms with Gasteiger partial charge in [-0.05, 0) is 43.3 Å². The van der Waals surface area contributed by atoms with Crippen molar-refractivity contribution in [3.63, 3.8) is 0 Å². The predicted molar refractivity (Wildman–Crippen MR) is 142 cm³/mol. The maximum Gasteiger partial charge on any atom is 0.227 e. The summed E-state index contributed by atoms with van der Waals surface area (Å²) in [5.41, 5.74) is 1.02. The van der Waals surface area contributed by atoms with Gasteiger partial charge in [-0.2, -0.15) is 0 Å². The molecule has 196 valence electrons. The zero-order valence-corrected chi connectivity index (χ0v) is 22.6.